The van der Waals surface area contributed by atoms with Crippen molar-refractivity contribution < 1.29 is 27.5 Å². The maximum absolute atomic E-state index is 13.3. The highest BCUT2D eigenvalue weighted by molar-refractivity contribution is 6.07. The van der Waals surface area contributed by atoms with Crippen LogP contribution in [0.2, 0.25) is 0 Å². The summed E-state index contributed by atoms with van der Waals surface area (Å²) in [5.74, 6) is -0.308. The highest BCUT2D eigenvalue weighted by atomic mass is 19.4. The molecule has 1 fully saturated rings. The molecule has 2 N–H and O–H groups in total. The van der Waals surface area contributed by atoms with Crippen molar-refractivity contribution in [1.82, 2.24) is 20.2 Å². The molecule has 0 saturated carbocycles. The molecule has 2 aromatic carbocycles. The molecule has 194 valence electrons. The first-order chi connectivity index (χ1) is 17.7. The Morgan fingerprint density at radius 3 is 2.35 bits per heavy atom. The molecular formula is C26H26F3N5O3. The van der Waals surface area contributed by atoms with Crippen LogP contribution < -0.4 is 15.4 Å². The third-order valence-electron chi connectivity index (χ3n) is 6.14. The fourth-order valence-corrected chi connectivity index (χ4v) is 4.18. The van der Waals surface area contributed by atoms with Crippen LogP contribution in [0, 0.1) is 0 Å². The lowest BCUT2D eigenvalue weighted by molar-refractivity contribution is -0.138. The molecule has 1 saturated heterocycles. The molecule has 11 heteroatoms. The zero-order chi connectivity index (χ0) is 26.4. The number of halogens is 3. The number of alkyl halides is 3. The first-order valence-electron chi connectivity index (χ1n) is 11.7. The van der Waals surface area contributed by atoms with Crippen LogP contribution in [0.5, 0.6) is 5.75 Å². The number of ether oxygens (including phenoxy) is 1. The first kappa shape index (κ1) is 26.1. The van der Waals surface area contributed by atoms with Gasteiger partial charge in [0.2, 0.25) is 0 Å². The second kappa shape index (κ2) is 11.4. The van der Waals surface area contributed by atoms with Gasteiger partial charge in [0.15, 0.2) is 11.5 Å². The van der Waals surface area contributed by atoms with E-state index in [1.54, 1.807) is 30.3 Å². The molecule has 0 aliphatic carbocycles. The van der Waals surface area contributed by atoms with Crippen LogP contribution in [0.3, 0.4) is 0 Å². The predicted molar refractivity (Wildman–Crippen MR) is 130 cm³/mol. The van der Waals surface area contributed by atoms with Gasteiger partial charge in [-0.2, -0.15) is 13.2 Å². The molecule has 0 atom stereocenters. The van der Waals surface area contributed by atoms with Gasteiger partial charge in [-0.1, -0.05) is 18.2 Å². The number of hydrogen-bond donors (Lipinski definition) is 2. The monoisotopic (exact) mass is 513 g/mol. The summed E-state index contributed by atoms with van der Waals surface area (Å²) in [5.41, 5.74) is -0.0604. The normalized spacial score (nSPS) is 14.7. The van der Waals surface area contributed by atoms with Crippen LogP contribution in [-0.2, 0) is 12.7 Å². The van der Waals surface area contributed by atoms with Crippen molar-refractivity contribution in [3.05, 3.63) is 83.3 Å². The van der Waals surface area contributed by atoms with Crippen molar-refractivity contribution >= 4 is 17.6 Å². The Labute approximate surface area is 211 Å². The molecule has 0 bridgehead atoms. The van der Waals surface area contributed by atoms with Crippen molar-refractivity contribution in [2.24, 2.45) is 0 Å². The minimum absolute atomic E-state index is 0.0223. The van der Waals surface area contributed by atoms with Crippen LogP contribution >= 0.6 is 0 Å². The van der Waals surface area contributed by atoms with Gasteiger partial charge in [0.25, 0.3) is 11.8 Å². The van der Waals surface area contributed by atoms with Gasteiger partial charge in [0.05, 0.1) is 12.7 Å². The number of anilines is 1. The van der Waals surface area contributed by atoms with Crippen molar-refractivity contribution in [2.45, 2.75) is 31.6 Å². The topological polar surface area (TPSA) is 96.5 Å². The smallest absolute Gasteiger partial charge is 0.416 e. The lowest BCUT2D eigenvalue weighted by atomic mass is 10.0. The first-order valence-corrected chi connectivity index (χ1v) is 11.7. The SMILES string of the molecule is COc1ccc(C(=O)Nc2nccnc2C(=O)NC2CCN(Cc3ccccc3C(F)(F)F)CC2)cc1. The van der Waals surface area contributed by atoms with Crippen molar-refractivity contribution in [3.8, 4) is 5.75 Å². The highest BCUT2D eigenvalue weighted by Crippen LogP contribution is 2.32. The van der Waals surface area contributed by atoms with Gasteiger partial charge in [-0.25, -0.2) is 9.97 Å². The number of rotatable bonds is 7. The van der Waals surface area contributed by atoms with E-state index in [0.29, 0.717) is 37.2 Å². The maximum atomic E-state index is 13.3. The number of benzene rings is 2. The zero-order valence-corrected chi connectivity index (χ0v) is 20.1. The molecule has 0 spiro atoms. The summed E-state index contributed by atoms with van der Waals surface area (Å²) < 4.78 is 45.0. The second-order valence-electron chi connectivity index (χ2n) is 8.61. The predicted octanol–water partition coefficient (Wildman–Crippen LogP) is 4.15. The Morgan fingerprint density at radius 2 is 1.68 bits per heavy atom. The summed E-state index contributed by atoms with van der Waals surface area (Å²) >= 11 is 0. The van der Waals surface area contributed by atoms with Crippen molar-refractivity contribution in [2.75, 3.05) is 25.5 Å². The summed E-state index contributed by atoms with van der Waals surface area (Å²) in [6.45, 7) is 1.24. The fourth-order valence-electron chi connectivity index (χ4n) is 4.18. The Bertz CT molecular complexity index is 1240. The van der Waals surface area contributed by atoms with Crippen LogP contribution in [0.4, 0.5) is 19.0 Å². The minimum atomic E-state index is -4.40. The van der Waals surface area contributed by atoms with E-state index in [4.69, 9.17) is 4.74 Å². The fraction of sp³-hybridized carbons (Fsp3) is 0.308. The lowest BCUT2D eigenvalue weighted by Gasteiger charge is -2.32. The molecule has 37 heavy (non-hydrogen) atoms. The number of carbonyl (C=O) groups excluding carboxylic acids is 2. The number of piperidine rings is 1. The number of aromatic nitrogens is 2. The largest absolute Gasteiger partial charge is 0.497 e. The molecule has 3 aromatic rings. The molecule has 8 nitrogen and oxygen atoms in total. The van der Waals surface area contributed by atoms with Gasteiger partial charge in [-0.05, 0) is 48.7 Å². The highest BCUT2D eigenvalue weighted by Gasteiger charge is 2.33. The summed E-state index contributed by atoms with van der Waals surface area (Å²) in [4.78, 5) is 35.7. The van der Waals surface area contributed by atoms with Gasteiger partial charge in [-0.3, -0.25) is 14.5 Å². The van der Waals surface area contributed by atoms with Crippen molar-refractivity contribution in [1.29, 1.82) is 0 Å². The Morgan fingerprint density at radius 1 is 1.00 bits per heavy atom. The Hall–Kier alpha value is -3.99. The molecular weight excluding hydrogens is 487 g/mol. The van der Waals surface area contributed by atoms with E-state index in [1.165, 1.54) is 31.6 Å². The third-order valence-corrected chi connectivity index (χ3v) is 6.14. The number of carbonyl (C=O) groups is 2. The zero-order valence-electron chi connectivity index (χ0n) is 20.1. The molecule has 2 amide bonds. The number of likely N-dealkylation sites (tertiary alicyclic amines) is 1. The molecule has 1 aliphatic heterocycles. The van der Waals surface area contributed by atoms with E-state index in [0.717, 1.165) is 6.07 Å². The van der Waals surface area contributed by atoms with E-state index in [9.17, 15) is 22.8 Å². The quantitative estimate of drug-likeness (QED) is 0.493. The van der Waals surface area contributed by atoms with Gasteiger partial charge >= 0.3 is 6.18 Å². The number of methoxy groups -OCH3 is 1. The van der Waals surface area contributed by atoms with Crippen molar-refractivity contribution in [3.63, 3.8) is 0 Å². The average Bonchev–Trinajstić information content (AvgIpc) is 2.90. The van der Waals surface area contributed by atoms with Gasteiger partial charge in [0.1, 0.15) is 5.75 Å². The summed E-state index contributed by atoms with van der Waals surface area (Å²) in [7, 11) is 1.52. The van der Waals surface area contributed by atoms with Crippen LogP contribution in [0.1, 0.15) is 44.8 Å². The molecule has 0 radical (unpaired) electrons. The van der Waals surface area contributed by atoms with Crippen LogP contribution in [0.15, 0.2) is 60.9 Å². The molecule has 2 heterocycles. The second-order valence-corrected chi connectivity index (χ2v) is 8.61. The van der Waals surface area contributed by atoms with Crippen LogP contribution in [-0.4, -0.2) is 52.9 Å². The Kier molecular flexibility index (Phi) is 8.02. The van der Waals surface area contributed by atoms with Gasteiger partial charge in [-0.15, -0.1) is 0 Å². The van der Waals surface area contributed by atoms with E-state index in [2.05, 4.69) is 20.6 Å². The summed E-state index contributed by atoms with van der Waals surface area (Å²) in [6, 6.07) is 11.9. The molecule has 4 rings (SSSR count). The third kappa shape index (κ3) is 6.62. The van der Waals surface area contributed by atoms with Gasteiger partial charge in [0, 0.05) is 43.6 Å². The van der Waals surface area contributed by atoms with E-state index in [-0.39, 0.29) is 29.7 Å². The lowest BCUT2D eigenvalue weighted by Crippen LogP contribution is -2.44. The maximum Gasteiger partial charge on any atom is 0.416 e. The molecule has 1 aromatic heterocycles. The van der Waals surface area contributed by atoms with E-state index >= 15 is 0 Å². The van der Waals surface area contributed by atoms with Gasteiger partial charge < -0.3 is 15.4 Å². The Balaban J connectivity index is 1.34. The number of nitrogens with one attached hydrogen (secondary N) is 2. The molecule has 0 unspecified atom stereocenters. The number of amides is 2. The standard InChI is InChI=1S/C26H26F3N5O3/c1-37-20-8-6-17(7-9-20)24(35)33-23-22(30-12-13-31-23)25(36)32-19-10-14-34(15-11-19)16-18-4-2-3-5-21(18)26(27,28)29/h2-9,12-13,19H,10-11,14-16H2,1H3,(H,32,36)(H,31,33,35). The minimum Gasteiger partial charge on any atom is -0.497 e. The molecule has 1 aliphatic rings. The average molecular weight is 514 g/mol. The van der Waals surface area contributed by atoms with E-state index < -0.39 is 23.6 Å². The number of nitrogens with zero attached hydrogens (tertiary/aromatic N) is 3. The van der Waals surface area contributed by atoms with E-state index in [1.807, 2.05) is 4.90 Å². The summed E-state index contributed by atoms with van der Waals surface area (Å²) in [6.07, 6.45) is -0.544. The number of hydrogen-bond acceptors (Lipinski definition) is 6. The summed E-state index contributed by atoms with van der Waals surface area (Å²) in [5, 5.41) is 5.53. The van der Waals surface area contributed by atoms with Crippen LogP contribution in [0.25, 0.3) is 0 Å².